The Labute approximate surface area is 221 Å². The van der Waals surface area contributed by atoms with Crippen LogP contribution in [0, 0.1) is 0 Å². The first-order valence-electron chi connectivity index (χ1n) is 11.7. The second kappa shape index (κ2) is 12.9. The van der Waals surface area contributed by atoms with E-state index in [1.165, 1.54) is 0 Å². The van der Waals surface area contributed by atoms with Crippen LogP contribution in [-0.4, -0.2) is 34.0 Å². The van der Waals surface area contributed by atoms with Gasteiger partial charge in [-0.05, 0) is 49.6 Å². The van der Waals surface area contributed by atoms with Crippen LogP contribution in [0.4, 0.5) is 0 Å². The molecule has 0 heterocycles. The molecule has 184 valence electrons. The van der Waals surface area contributed by atoms with E-state index in [1.54, 1.807) is 16.7 Å². The summed E-state index contributed by atoms with van der Waals surface area (Å²) in [5.74, 6) is 0.858. The minimum absolute atomic E-state index is 0.0408. The van der Waals surface area contributed by atoms with Gasteiger partial charge in [0.05, 0.1) is 5.75 Å². The molecule has 3 rings (SSSR count). The molecule has 2 amide bonds. The highest BCUT2D eigenvalue weighted by atomic mass is 79.9. The summed E-state index contributed by atoms with van der Waals surface area (Å²) in [6.07, 6.45) is 0.457. The van der Waals surface area contributed by atoms with E-state index in [4.69, 9.17) is 0 Å². The van der Waals surface area contributed by atoms with Gasteiger partial charge in [-0.15, -0.1) is 11.8 Å². The third-order valence-electron chi connectivity index (χ3n) is 5.37. The summed E-state index contributed by atoms with van der Waals surface area (Å²) in [6.45, 7) is 6.26. The number of hydrogen-bond donors (Lipinski definition) is 1. The molecule has 35 heavy (non-hydrogen) atoms. The van der Waals surface area contributed by atoms with Gasteiger partial charge in [-0.3, -0.25) is 9.59 Å². The first-order chi connectivity index (χ1) is 16.7. The van der Waals surface area contributed by atoms with E-state index in [0.717, 1.165) is 26.9 Å². The molecule has 1 atom stereocenters. The van der Waals surface area contributed by atoms with Crippen LogP contribution in [0.15, 0.2) is 89.4 Å². The van der Waals surface area contributed by atoms with Crippen molar-refractivity contribution in [3.05, 3.63) is 106 Å². The monoisotopic (exact) mass is 552 g/mol. The van der Waals surface area contributed by atoms with Crippen molar-refractivity contribution in [3.63, 3.8) is 0 Å². The van der Waals surface area contributed by atoms with Crippen LogP contribution in [0.5, 0.6) is 0 Å². The van der Waals surface area contributed by atoms with Crippen LogP contribution in [-0.2, 0) is 28.3 Å². The lowest BCUT2D eigenvalue weighted by atomic mass is 10.0. The third-order valence-corrected chi connectivity index (χ3v) is 6.89. The average Bonchev–Trinajstić information content (AvgIpc) is 2.82. The molecule has 3 aromatic carbocycles. The molecule has 3 aromatic rings. The zero-order valence-electron chi connectivity index (χ0n) is 20.5. The zero-order chi connectivity index (χ0) is 25.3. The number of halogens is 1. The fraction of sp³-hybridized carbons (Fsp3) is 0.310. The quantitative estimate of drug-likeness (QED) is 0.324. The number of thioether (sulfide) groups is 1. The fourth-order valence-corrected chi connectivity index (χ4v) is 4.84. The molecule has 0 radical (unpaired) electrons. The molecule has 0 aromatic heterocycles. The number of nitrogens with zero attached hydrogens (tertiary/aromatic N) is 1. The van der Waals surface area contributed by atoms with Crippen LogP contribution in [0.2, 0.25) is 0 Å². The highest BCUT2D eigenvalue weighted by molar-refractivity contribution is 9.10. The molecular formula is C29H33BrN2O2S. The van der Waals surface area contributed by atoms with Gasteiger partial charge in [-0.1, -0.05) is 88.7 Å². The Hall–Kier alpha value is -2.57. The van der Waals surface area contributed by atoms with E-state index in [2.05, 4.69) is 33.4 Å². The van der Waals surface area contributed by atoms with Crippen LogP contribution < -0.4 is 5.32 Å². The Bertz CT molecular complexity index is 1080. The lowest BCUT2D eigenvalue weighted by Crippen LogP contribution is -2.54. The lowest BCUT2D eigenvalue weighted by Gasteiger charge is -2.34. The highest BCUT2D eigenvalue weighted by Crippen LogP contribution is 2.20. The number of benzene rings is 3. The van der Waals surface area contributed by atoms with E-state index < -0.39 is 11.6 Å². The second-order valence-corrected chi connectivity index (χ2v) is 11.5. The van der Waals surface area contributed by atoms with Crippen LogP contribution in [0.3, 0.4) is 0 Å². The predicted octanol–water partition coefficient (Wildman–Crippen LogP) is 6.24. The smallest absolute Gasteiger partial charge is 0.243 e. The Morgan fingerprint density at radius 1 is 0.857 bits per heavy atom. The van der Waals surface area contributed by atoms with Gasteiger partial charge in [0, 0.05) is 28.7 Å². The summed E-state index contributed by atoms with van der Waals surface area (Å²) in [5, 5.41) is 3.10. The summed E-state index contributed by atoms with van der Waals surface area (Å²) >= 11 is 5.03. The van der Waals surface area contributed by atoms with Gasteiger partial charge < -0.3 is 10.2 Å². The summed E-state index contributed by atoms with van der Waals surface area (Å²) in [4.78, 5) is 28.9. The maximum atomic E-state index is 13.6. The standard InChI is InChI=1S/C29H33BrN2O2S/c1-29(2,3)31-28(34)26(18-22-10-6-4-7-11-22)32(19-23-12-8-5-9-13-23)27(33)21-35-20-24-14-16-25(30)17-15-24/h4-17,26H,18-21H2,1-3H3,(H,31,34)/t26-/m1/s1. The van der Waals surface area contributed by atoms with Gasteiger partial charge in [-0.25, -0.2) is 0 Å². The summed E-state index contributed by atoms with van der Waals surface area (Å²) in [7, 11) is 0. The van der Waals surface area contributed by atoms with E-state index in [0.29, 0.717) is 18.7 Å². The number of carbonyl (C=O) groups is 2. The molecule has 0 saturated heterocycles. The van der Waals surface area contributed by atoms with Crippen molar-refractivity contribution in [1.82, 2.24) is 10.2 Å². The molecule has 4 nitrogen and oxygen atoms in total. The second-order valence-electron chi connectivity index (χ2n) is 9.57. The molecule has 0 unspecified atom stereocenters. The van der Waals surface area contributed by atoms with Crippen molar-refractivity contribution in [3.8, 4) is 0 Å². The van der Waals surface area contributed by atoms with Crippen LogP contribution in [0.25, 0.3) is 0 Å². The predicted molar refractivity (Wildman–Crippen MR) is 149 cm³/mol. The van der Waals surface area contributed by atoms with Gasteiger partial charge in [-0.2, -0.15) is 0 Å². The van der Waals surface area contributed by atoms with E-state index in [9.17, 15) is 9.59 Å². The lowest BCUT2D eigenvalue weighted by molar-refractivity contribution is -0.140. The molecule has 1 N–H and O–H groups in total. The zero-order valence-corrected chi connectivity index (χ0v) is 22.9. The fourth-order valence-electron chi connectivity index (χ4n) is 3.71. The van der Waals surface area contributed by atoms with Crippen molar-refractivity contribution in [2.24, 2.45) is 0 Å². The van der Waals surface area contributed by atoms with Crippen molar-refractivity contribution >= 4 is 39.5 Å². The first-order valence-corrected chi connectivity index (χ1v) is 13.7. The van der Waals surface area contributed by atoms with E-state index in [1.807, 2.05) is 93.6 Å². The average molecular weight is 554 g/mol. The molecule has 6 heteroatoms. The van der Waals surface area contributed by atoms with E-state index >= 15 is 0 Å². The van der Waals surface area contributed by atoms with Crippen molar-refractivity contribution in [2.75, 3.05) is 5.75 Å². The van der Waals surface area contributed by atoms with Gasteiger partial charge in [0.2, 0.25) is 11.8 Å². The summed E-state index contributed by atoms with van der Waals surface area (Å²) in [5.41, 5.74) is 2.78. The number of carbonyl (C=O) groups excluding carboxylic acids is 2. The molecule has 0 spiro atoms. The minimum Gasteiger partial charge on any atom is -0.350 e. The Morgan fingerprint density at radius 3 is 2.00 bits per heavy atom. The van der Waals surface area contributed by atoms with Gasteiger partial charge in [0.1, 0.15) is 6.04 Å². The first kappa shape index (κ1) is 27.0. The number of hydrogen-bond acceptors (Lipinski definition) is 3. The van der Waals surface area contributed by atoms with Gasteiger partial charge in [0.25, 0.3) is 0 Å². The summed E-state index contributed by atoms with van der Waals surface area (Å²) in [6, 6.07) is 27.3. The van der Waals surface area contributed by atoms with Crippen LogP contribution in [0.1, 0.15) is 37.5 Å². The summed E-state index contributed by atoms with van der Waals surface area (Å²) < 4.78 is 1.03. The van der Waals surface area contributed by atoms with Crippen LogP contribution >= 0.6 is 27.7 Å². The van der Waals surface area contributed by atoms with Gasteiger partial charge >= 0.3 is 0 Å². The molecule has 0 saturated carbocycles. The molecule has 0 fully saturated rings. The normalized spacial score (nSPS) is 12.1. The Balaban J connectivity index is 1.83. The minimum atomic E-state index is -0.613. The topological polar surface area (TPSA) is 49.4 Å². The molecule has 0 aliphatic carbocycles. The molecule has 0 bridgehead atoms. The van der Waals surface area contributed by atoms with Gasteiger partial charge in [0.15, 0.2) is 0 Å². The maximum absolute atomic E-state index is 13.6. The largest absolute Gasteiger partial charge is 0.350 e. The third kappa shape index (κ3) is 9.19. The molecule has 0 aliphatic heterocycles. The molecular weight excluding hydrogens is 520 g/mol. The number of rotatable bonds is 10. The maximum Gasteiger partial charge on any atom is 0.243 e. The Morgan fingerprint density at radius 2 is 1.43 bits per heavy atom. The Kier molecular flexibility index (Phi) is 9.99. The SMILES string of the molecule is CC(C)(C)NC(=O)[C@@H](Cc1ccccc1)N(Cc1ccccc1)C(=O)CSCc1ccc(Br)cc1. The van der Waals surface area contributed by atoms with Crippen molar-refractivity contribution < 1.29 is 9.59 Å². The molecule has 0 aliphatic rings. The van der Waals surface area contributed by atoms with Crippen molar-refractivity contribution in [1.29, 1.82) is 0 Å². The number of amides is 2. The van der Waals surface area contributed by atoms with E-state index in [-0.39, 0.29) is 11.8 Å². The highest BCUT2D eigenvalue weighted by Gasteiger charge is 2.32. The van der Waals surface area contributed by atoms with Crippen molar-refractivity contribution in [2.45, 2.75) is 51.1 Å². The number of nitrogens with one attached hydrogen (secondary N) is 1.